The van der Waals surface area contributed by atoms with Gasteiger partial charge in [-0.25, -0.2) is 8.42 Å². The van der Waals surface area contributed by atoms with Gasteiger partial charge in [0.15, 0.2) is 0 Å². The van der Waals surface area contributed by atoms with Gasteiger partial charge < -0.3 is 5.11 Å². The average molecular weight is 337 g/mol. The van der Waals surface area contributed by atoms with E-state index in [9.17, 15) is 21.6 Å². The number of halogens is 3. The minimum absolute atomic E-state index is 0.0154. The molecule has 1 N–H and O–H groups in total. The lowest BCUT2D eigenvalue weighted by Gasteiger charge is -2.31. The molecule has 1 aliphatic rings. The summed E-state index contributed by atoms with van der Waals surface area (Å²) in [4.78, 5) is -0.357. The van der Waals surface area contributed by atoms with Crippen LogP contribution in [0.2, 0.25) is 0 Å². The van der Waals surface area contributed by atoms with Gasteiger partial charge in [-0.1, -0.05) is 6.07 Å². The maximum Gasteiger partial charge on any atom is 0.416 e. The Bertz CT molecular complexity index is 643. The van der Waals surface area contributed by atoms with Crippen molar-refractivity contribution in [2.45, 2.75) is 30.8 Å². The highest BCUT2D eigenvalue weighted by Crippen LogP contribution is 2.34. The van der Waals surface area contributed by atoms with Crippen molar-refractivity contribution in [3.05, 3.63) is 29.3 Å². The maximum atomic E-state index is 12.9. The Hall–Kier alpha value is -1.12. The van der Waals surface area contributed by atoms with E-state index in [4.69, 9.17) is 5.11 Å². The molecule has 0 saturated carbocycles. The Labute approximate surface area is 127 Å². The van der Waals surface area contributed by atoms with Gasteiger partial charge in [-0.05, 0) is 43.4 Å². The van der Waals surface area contributed by atoms with Gasteiger partial charge in [0.05, 0.1) is 10.5 Å². The second-order valence-corrected chi connectivity index (χ2v) is 7.47. The summed E-state index contributed by atoms with van der Waals surface area (Å²) in [6, 6.07) is 3.05. The van der Waals surface area contributed by atoms with E-state index in [1.165, 1.54) is 19.1 Å². The molecule has 0 amide bonds. The highest BCUT2D eigenvalue weighted by Gasteiger charge is 2.35. The van der Waals surface area contributed by atoms with Crippen molar-refractivity contribution in [1.82, 2.24) is 4.31 Å². The van der Waals surface area contributed by atoms with Gasteiger partial charge in [0, 0.05) is 19.7 Å². The summed E-state index contributed by atoms with van der Waals surface area (Å²) in [6.07, 6.45) is -3.29. The normalized spacial score (nSPS) is 21.0. The van der Waals surface area contributed by atoms with E-state index < -0.39 is 21.8 Å². The summed E-state index contributed by atoms with van der Waals surface area (Å²) in [5, 5.41) is 9.16. The molecule has 0 aromatic heterocycles. The summed E-state index contributed by atoms with van der Waals surface area (Å²) < 4.78 is 65.0. The van der Waals surface area contributed by atoms with Gasteiger partial charge in [0.2, 0.25) is 10.0 Å². The van der Waals surface area contributed by atoms with Crippen LogP contribution in [-0.4, -0.2) is 37.5 Å². The quantitative estimate of drug-likeness (QED) is 0.921. The molecule has 1 heterocycles. The number of benzene rings is 1. The lowest BCUT2D eigenvalue weighted by atomic mass is 10.0. The molecule has 1 aromatic carbocycles. The molecule has 4 nitrogen and oxygen atoms in total. The second-order valence-electron chi connectivity index (χ2n) is 5.53. The first-order valence-corrected chi connectivity index (χ1v) is 8.39. The highest BCUT2D eigenvalue weighted by molar-refractivity contribution is 7.89. The van der Waals surface area contributed by atoms with Gasteiger partial charge in [0.25, 0.3) is 0 Å². The molecular formula is C14H18F3NO3S. The zero-order chi connectivity index (χ0) is 16.5. The number of alkyl halides is 3. The molecule has 0 radical (unpaired) electrons. The van der Waals surface area contributed by atoms with Crippen LogP contribution in [0.5, 0.6) is 0 Å². The lowest BCUT2D eigenvalue weighted by Crippen LogP contribution is -2.40. The van der Waals surface area contributed by atoms with E-state index in [-0.39, 0.29) is 36.1 Å². The van der Waals surface area contributed by atoms with Crippen molar-refractivity contribution in [1.29, 1.82) is 0 Å². The first kappa shape index (κ1) is 17.2. The van der Waals surface area contributed by atoms with Gasteiger partial charge in [-0.3, -0.25) is 0 Å². The number of piperidine rings is 1. The minimum atomic E-state index is -4.59. The van der Waals surface area contributed by atoms with Crippen LogP contribution in [0.25, 0.3) is 0 Å². The minimum Gasteiger partial charge on any atom is -0.396 e. The van der Waals surface area contributed by atoms with Crippen molar-refractivity contribution in [2.75, 3.05) is 19.7 Å². The van der Waals surface area contributed by atoms with Crippen LogP contribution in [0.1, 0.15) is 24.0 Å². The van der Waals surface area contributed by atoms with Gasteiger partial charge >= 0.3 is 6.18 Å². The first-order valence-electron chi connectivity index (χ1n) is 6.95. The zero-order valence-electron chi connectivity index (χ0n) is 12.1. The van der Waals surface area contributed by atoms with Crippen molar-refractivity contribution >= 4 is 10.0 Å². The summed E-state index contributed by atoms with van der Waals surface area (Å²) in [5.74, 6) is -0.170. The highest BCUT2D eigenvalue weighted by atomic mass is 32.2. The zero-order valence-corrected chi connectivity index (χ0v) is 12.9. The largest absolute Gasteiger partial charge is 0.416 e. The Morgan fingerprint density at radius 3 is 2.64 bits per heavy atom. The molecule has 124 valence electrons. The number of aliphatic hydroxyl groups is 1. The van der Waals surface area contributed by atoms with Gasteiger partial charge in [0.1, 0.15) is 0 Å². The van der Waals surface area contributed by atoms with Crippen molar-refractivity contribution in [3.63, 3.8) is 0 Å². The molecule has 0 aliphatic carbocycles. The molecule has 1 saturated heterocycles. The summed E-state index contributed by atoms with van der Waals surface area (Å²) in [6.45, 7) is 1.55. The van der Waals surface area contributed by atoms with Crippen LogP contribution in [0.4, 0.5) is 13.2 Å². The van der Waals surface area contributed by atoms with Gasteiger partial charge in [-0.2, -0.15) is 17.5 Å². The Balaban J connectivity index is 2.38. The number of aliphatic hydroxyl groups excluding tert-OH is 1. The van der Waals surface area contributed by atoms with E-state index in [0.717, 1.165) is 4.31 Å². The number of rotatable bonds is 3. The number of aryl methyl sites for hydroxylation is 1. The van der Waals surface area contributed by atoms with Crippen molar-refractivity contribution in [3.8, 4) is 0 Å². The molecule has 2 rings (SSSR count). The van der Waals surface area contributed by atoms with Gasteiger partial charge in [-0.15, -0.1) is 0 Å². The average Bonchev–Trinajstić information content (AvgIpc) is 2.46. The topological polar surface area (TPSA) is 57.6 Å². The fraction of sp³-hybridized carbons (Fsp3) is 0.571. The maximum absolute atomic E-state index is 12.9. The Kier molecular flexibility index (Phi) is 4.84. The van der Waals surface area contributed by atoms with Crippen LogP contribution in [0.3, 0.4) is 0 Å². The van der Waals surface area contributed by atoms with Crippen LogP contribution >= 0.6 is 0 Å². The van der Waals surface area contributed by atoms with Crippen LogP contribution in [0.15, 0.2) is 23.1 Å². The number of hydrogen-bond acceptors (Lipinski definition) is 3. The predicted molar refractivity (Wildman–Crippen MR) is 74.7 cm³/mol. The molecule has 22 heavy (non-hydrogen) atoms. The smallest absolute Gasteiger partial charge is 0.396 e. The SMILES string of the molecule is Cc1ccc(S(=O)(=O)N2CCCC(CO)C2)cc1C(F)(F)F. The third kappa shape index (κ3) is 3.44. The fourth-order valence-electron chi connectivity index (χ4n) is 2.61. The molecule has 1 atom stereocenters. The second kappa shape index (κ2) is 6.17. The van der Waals surface area contributed by atoms with Crippen molar-refractivity contribution < 1.29 is 26.7 Å². The third-order valence-electron chi connectivity index (χ3n) is 3.89. The number of hydrogen-bond donors (Lipinski definition) is 1. The van der Waals surface area contributed by atoms with E-state index in [2.05, 4.69) is 0 Å². The van der Waals surface area contributed by atoms with Crippen LogP contribution < -0.4 is 0 Å². The molecule has 0 spiro atoms. The molecule has 1 unspecified atom stereocenters. The van der Waals surface area contributed by atoms with Crippen molar-refractivity contribution in [2.24, 2.45) is 5.92 Å². The summed E-state index contributed by atoms with van der Waals surface area (Å²) >= 11 is 0. The van der Waals surface area contributed by atoms with E-state index in [1.54, 1.807) is 0 Å². The standard InChI is InChI=1S/C14H18F3NO3S/c1-10-4-5-12(7-13(10)14(15,16)17)22(20,21)18-6-2-3-11(8-18)9-19/h4-5,7,11,19H,2-3,6,8-9H2,1H3. The summed E-state index contributed by atoms with van der Waals surface area (Å²) in [5.41, 5.74) is -0.956. The van der Waals surface area contributed by atoms with E-state index >= 15 is 0 Å². The Morgan fingerprint density at radius 1 is 1.36 bits per heavy atom. The number of sulfonamides is 1. The predicted octanol–water partition coefficient (Wildman–Crippen LogP) is 2.41. The third-order valence-corrected chi connectivity index (χ3v) is 5.75. The molecule has 1 aromatic rings. The first-order chi connectivity index (χ1) is 10.2. The Morgan fingerprint density at radius 2 is 2.05 bits per heavy atom. The van der Waals surface area contributed by atoms with E-state index in [1.807, 2.05) is 0 Å². The molecule has 1 aliphatic heterocycles. The van der Waals surface area contributed by atoms with Crippen LogP contribution in [-0.2, 0) is 16.2 Å². The number of nitrogens with zero attached hydrogens (tertiary/aromatic N) is 1. The molecule has 1 fully saturated rings. The molecule has 8 heteroatoms. The van der Waals surface area contributed by atoms with Crippen LogP contribution in [0, 0.1) is 12.8 Å². The monoisotopic (exact) mass is 337 g/mol. The fourth-order valence-corrected chi connectivity index (χ4v) is 4.19. The lowest BCUT2D eigenvalue weighted by molar-refractivity contribution is -0.138. The molecular weight excluding hydrogens is 319 g/mol. The van der Waals surface area contributed by atoms with E-state index in [0.29, 0.717) is 18.9 Å². The summed E-state index contributed by atoms with van der Waals surface area (Å²) in [7, 11) is -3.98. The molecule has 0 bridgehead atoms.